The third kappa shape index (κ3) is 2.58. The molecule has 1 fully saturated rings. The van der Waals surface area contributed by atoms with Crippen LogP contribution < -0.4 is 10.1 Å². The molecule has 0 spiro atoms. The minimum atomic E-state index is -3.61. The van der Waals surface area contributed by atoms with Gasteiger partial charge in [0.05, 0.1) is 29.7 Å². The van der Waals surface area contributed by atoms with Crippen LogP contribution in [-0.2, 0) is 14.6 Å². The Morgan fingerprint density at radius 3 is 2.70 bits per heavy atom. The number of fused-ring (bicyclic) bond motifs is 2. The topological polar surface area (TPSA) is 85.0 Å². The zero-order valence-corrected chi connectivity index (χ0v) is 12.8. The Hall–Kier alpha value is -2.38. The van der Waals surface area contributed by atoms with Gasteiger partial charge in [0.25, 0.3) is 5.91 Å². The second-order valence-corrected chi connectivity index (χ2v) is 7.42. The van der Waals surface area contributed by atoms with E-state index in [2.05, 4.69) is 5.32 Å². The van der Waals surface area contributed by atoms with Gasteiger partial charge < -0.3 is 14.8 Å². The molecule has 4 rings (SSSR count). The molecular weight excluding hydrogens is 318 g/mol. The number of rotatable bonds is 3. The number of anilines is 1. The van der Waals surface area contributed by atoms with E-state index in [1.54, 1.807) is 36.4 Å². The van der Waals surface area contributed by atoms with Crippen LogP contribution in [0.3, 0.4) is 0 Å². The van der Waals surface area contributed by atoms with Crippen molar-refractivity contribution in [1.29, 1.82) is 0 Å². The summed E-state index contributed by atoms with van der Waals surface area (Å²) in [6.07, 6.45) is -0.275. The second kappa shape index (κ2) is 5.07. The van der Waals surface area contributed by atoms with Gasteiger partial charge in [0, 0.05) is 0 Å². The fourth-order valence-electron chi connectivity index (χ4n) is 2.50. The highest BCUT2D eigenvalue weighted by Crippen LogP contribution is 2.39. The summed E-state index contributed by atoms with van der Waals surface area (Å²) in [5.41, 5.74) is 0.696. The number of carbonyl (C=O) groups is 1. The molecule has 2 aliphatic rings. The molecule has 2 aliphatic heterocycles. The van der Waals surface area contributed by atoms with E-state index in [0.717, 1.165) is 0 Å². The molecule has 6 nitrogen and oxygen atoms in total. The Kier molecular flexibility index (Phi) is 3.14. The fourth-order valence-corrected chi connectivity index (χ4v) is 4.08. The number of sulfone groups is 1. The monoisotopic (exact) mass is 331 g/mol. The molecule has 1 saturated heterocycles. The summed E-state index contributed by atoms with van der Waals surface area (Å²) in [6.45, 7) is 0.443. The largest absolute Gasteiger partial charge is 0.453 e. The van der Waals surface area contributed by atoms with Gasteiger partial charge in [-0.2, -0.15) is 0 Å². The standard InChI is InChI=1S/C16H13NO5S/c18-16-11-4-3-7-14(23(19,20)9-10-8-21-10)15(11)22-13-6-2-1-5-12(13)17-16/h1-7,10H,8-9H2,(H,17,18). The van der Waals surface area contributed by atoms with E-state index in [0.29, 0.717) is 18.0 Å². The van der Waals surface area contributed by atoms with E-state index in [1.807, 2.05) is 0 Å². The minimum Gasteiger partial charge on any atom is -0.453 e. The summed E-state index contributed by atoms with van der Waals surface area (Å²) in [4.78, 5) is 12.4. The highest BCUT2D eigenvalue weighted by atomic mass is 32.2. The highest BCUT2D eigenvalue weighted by Gasteiger charge is 2.34. The van der Waals surface area contributed by atoms with E-state index in [4.69, 9.17) is 9.47 Å². The third-order valence-electron chi connectivity index (χ3n) is 3.71. The summed E-state index contributed by atoms with van der Waals surface area (Å²) >= 11 is 0. The van der Waals surface area contributed by atoms with Crippen LogP contribution in [0.5, 0.6) is 11.5 Å². The number of hydrogen-bond donors (Lipinski definition) is 1. The van der Waals surface area contributed by atoms with Crippen molar-refractivity contribution in [2.24, 2.45) is 0 Å². The summed E-state index contributed by atoms with van der Waals surface area (Å²) < 4.78 is 36.0. The van der Waals surface area contributed by atoms with Gasteiger partial charge in [0.2, 0.25) is 0 Å². The second-order valence-electron chi connectivity index (χ2n) is 5.42. The van der Waals surface area contributed by atoms with Crippen molar-refractivity contribution in [2.75, 3.05) is 17.7 Å². The van der Waals surface area contributed by atoms with E-state index in [9.17, 15) is 13.2 Å². The first kappa shape index (κ1) is 14.2. The lowest BCUT2D eigenvalue weighted by Crippen LogP contribution is -2.15. The number of para-hydroxylation sites is 3. The zero-order chi connectivity index (χ0) is 16.0. The predicted molar refractivity (Wildman–Crippen MR) is 82.7 cm³/mol. The van der Waals surface area contributed by atoms with Crippen LogP contribution in [0.25, 0.3) is 0 Å². The van der Waals surface area contributed by atoms with Crippen LogP contribution in [0, 0.1) is 0 Å². The molecule has 23 heavy (non-hydrogen) atoms. The van der Waals surface area contributed by atoms with Gasteiger partial charge in [-0.25, -0.2) is 8.42 Å². The number of hydrogen-bond acceptors (Lipinski definition) is 5. The van der Waals surface area contributed by atoms with Gasteiger partial charge >= 0.3 is 0 Å². The van der Waals surface area contributed by atoms with Crippen LogP contribution >= 0.6 is 0 Å². The van der Waals surface area contributed by atoms with E-state index in [1.165, 1.54) is 6.07 Å². The number of nitrogens with one attached hydrogen (secondary N) is 1. The number of amides is 1. The van der Waals surface area contributed by atoms with Crippen molar-refractivity contribution >= 4 is 21.4 Å². The third-order valence-corrected chi connectivity index (χ3v) is 5.52. The van der Waals surface area contributed by atoms with Crippen molar-refractivity contribution in [3.63, 3.8) is 0 Å². The molecule has 2 aromatic carbocycles. The minimum absolute atomic E-state index is 0.0114. The molecule has 0 radical (unpaired) electrons. The Labute approximate surface area is 133 Å². The summed E-state index contributed by atoms with van der Waals surface area (Å²) in [6, 6.07) is 11.4. The van der Waals surface area contributed by atoms with Gasteiger partial charge in [-0.1, -0.05) is 18.2 Å². The lowest BCUT2D eigenvalue weighted by Gasteiger charge is -2.12. The van der Waals surface area contributed by atoms with E-state index >= 15 is 0 Å². The molecule has 0 aromatic heterocycles. The first-order chi connectivity index (χ1) is 11.0. The quantitative estimate of drug-likeness (QED) is 0.872. The van der Waals surface area contributed by atoms with Crippen molar-refractivity contribution in [1.82, 2.24) is 0 Å². The van der Waals surface area contributed by atoms with Crippen molar-refractivity contribution in [2.45, 2.75) is 11.0 Å². The van der Waals surface area contributed by atoms with Crippen LogP contribution in [0.1, 0.15) is 10.4 Å². The number of benzene rings is 2. The Morgan fingerprint density at radius 1 is 1.13 bits per heavy atom. The zero-order valence-electron chi connectivity index (χ0n) is 12.0. The molecule has 1 N–H and O–H groups in total. The first-order valence-corrected chi connectivity index (χ1v) is 8.75. The number of epoxide rings is 1. The van der Waals surface area contributed by atoms with Gasteiger partial charge in [-0.15, -0.1) is 0 Å². The normalized spacial score (nSPS) is 19.0. The van der Waals surface area contributed by atoms with Crippen molar-refractivity contribution in [3.05, 3.63) is 48.0 Å². The lowest BCUT2D eigenvalue weighted by molar-refractivity contribution is 0.102. The van der Waals surface area contributed by atoms with Crippen molar-refractivity contribution in [3.8, 4) is 11.5 Å². The predicted octanol–water partition coefficient (Wildman–Crippen LogP) is 2.22. The van der Waals surface area contributed by atoms with Crippen LogP contribution in [0.4, 0.5) is 5.69 Å². The molecule has 0 saturated carbocycles. The molecule has 118 valence electrons. The maximum absolute atomic E-state index is 12.6. The number of carbonyl (C=O) groups excluding carboxylic acids is 1. The van der Waals surface area contributed by atoms with Gasteiger partial charge in [-0.3, -0.25) is 4.79 Å². The lowest BCUT2D eigenvalue weighted by atomic mass is 10.2. The molecule has 2 heterocycles. The SMILES string of the molecule is O=C1Nc2ccccc2Oc2c1cccc2S(=O)(=O)CC1CO1. The Morgan fingerprint density at radius 2 is 1.91 bits per heavy atom. The Balaban J connectivity index is 1.86. The molecule has 1 atom stereocenters. The molecule has 7 heteroatoms. The van der Waals surface area contributed by atoms with Crippen LogP contribution in [-0.4, -0.2) is 32.8 Å². The average Bonchev–Trinajstić information content (AvgIpc) is 3.33. The molecule has 2 aromatic rings. The van der Waals surface area contributed by atoms with Crippen molar-refractivity contribution < 1.29 is 22.7 Å². The maximum Gasteiger partial charge on any atom is 0.259 e. The highest BCUT2D eigenvalue weighted by molar-refractivity contribution is 7.91. The van der Waals surface area contributed by atoms with E-state index < -0.39 is 15.7 Å². The molecule has 0 aliphatic carbocycles. The maximum atomic E-state index is 12.6. The summed E-state index contributed by atoms with van der Waals surface area (Å²) in [7, 11) is -3.61. The average molecular weight is 331 g/mol. The van der Waals surface area contributed by atoms with Gasteiger partial charge in [0.1, 0.15) is 4.90 Å². The summed E-state index contributed by atoms with van der Waals surface area (Å²) in [5, 5.41) is 2.73. The Bertz CT molecular complexity index is 902. The first-order valence-electron chi connectivity index (χ1n) is 7.10. The van der Waals surface area contributed by atoms with Gasteiger partial charge in [-0.05, 0) is 24.3 Å². The summed E-state index contributed by atoms with van der Waals surface area (Å²) in [5.74, 6) is -0.0407. The van der Waals surface area contributed by atoms with Crippen LogP contribution in [0.2, 0.25) is 0 Å². The van der Waals surface area contributed by atoms with E-state index in [-0.39, 0.29) is 28.1 Å². The fraction of sp³-hybridized carbons (Fsp3) is 0.188. The van der Waals surface area contributed by atoms with Gasteiger partial charge in [0.15, 0.2) is 21.3 Å². The molecule has 1 amide bonds. The van der Waals surface area contributed by atoms with Crippen LogP contribution in [0.15, 0.2) is 47.4 Å². The smallest absolute Gasteiger partial charge is 0.259 e. The molecular formula is C16H13NO5S. The molecule has 0 bridgehead atoms. The number of ether oxygens (including phenoxy) is 2. The molecule has 1 unspecified atom stereocenters.